The van der Waals surface area contributed by atoms with Crippen LogP contribution in [0.25, 0.3) is 0 Å². The molecule has 112 valence electrons. The van der Waals surface area contributed by atoms with Crippen LogP contribution in [0.15, 0.2) is 36.5 Å². The van der Waals surface area contributed by atoms with Gasteiger partial charge in [-0.2, -0.15) is 4.98 Å². The van der Waals surface area contributed by atoms with Gasteiger partial charge in [0.05, 0.1) is 0 Å². The van der Waals surface area contributed by atoms with Crippen molar-refractivity contribution in [3.63, 3.8) is 0 Å². The molecule has 0 fully saturated rings. The minimum absolute atomic E-state index is 0.543. The molecule has 2 rings (SSSR count). The van der Waals surface area contributed by atoms with Gasteiger partial charge in [0, 0.05) is 25.0 Å². The molecule has 0 atom stereocenters. The van der Waals surface area contributed by atoms with Gasteiger partial charge in [0.25, 0.3) is 0 Å². The second kappa shape index (κ2) is 7.07. The zero-order valence-corrected chi connectivity index (χ0v) is 13.3. The Morgan fingerprint density at radius 1 is 1.05 bits per heavy atom. The number of anilines is 3. The van der Waals surface area contributed by atoms with Crippen molar-refractivity contribution in [1.82, 2.24) is 9.97 Å². The van der Waals surface area contributed by atoms with Crippen molar-refractivity contribution < 1.29 is 0 Å². The van der Waals surface area contributed by atoms with Crippen molar-refractivity contribution in [1.29, 1.82) is 0 Å². The molecule has 1 N–H and O–H groups in total. The van der Waals surface area contributed by atoms with Crippen LogP contribution in [0.4, 0.5) is 17.5 Å². The van der Waals surface area contributed by atoms with Crippen molar-refractivity contribution in [2.45, 2.75) is 33.6 Å². The highest BCUT2D eigenvalue weighted by Gasteiger charge is 2.06. The van der Waals surface area contributed by atoms with Crippen LogP contribution in [-0.2, 0) is 0 Å². The third-order valence-corrected chi connectivity index (χ3v) is 3.56. The number of hydrogen-bond acceptors (Lipinski definition) is 4. The molecule has 4 nitrogen and oxygen atoms in total. The molecule has 0 saturated carbocycles. The van der Waals surface area contributed by atoms with Gasteiger partial charge in [0.1, 0.15) is 5.82 Å². The van der Waals surface area contributed by atoms with Crippen LogP contribution in [0, 0.1) is 0 Å². The molecule has 1 aromatic carbocycles. The average molecular weight is 284 g/mol. The summed E-state index contributed by atoms with van der Waals surface area (Å²) >= 11 is 0. The van der Waals surface area contributed by atoms with E-state index in [1.807, 2.05) is 6.07 Å². The SMILES string of the molecule is CCN(CC)c1ccnc(Nc2ccc(C(C)C)cc2)n1. The summed E-state index contributed by atoms with van der Waals surface area (Å²) in [5.41, 5.74) is 2.34. The van der Waals surface area contributed by atoms with Gasteiger partial charge < -0.3 is 10.2 Å². The Morgan fingerprint density at radius 2 is 1.71 bits per heavy atom. The molecular formula is C17H24N4. The van der Waals surface area contributed by atoms with E-state index >= 15 is 0 Å². The quantitative estimate of drug-likeness (QED) is 0.863. The summed E-state index contributed by atoms with van der Waals surface area (Å²) in [5.74, 6) is 2.13. The molecule has 0 aliphatic heterocycles. The highest BCUT2D eigenvalue weighted by atomic mass is 15.2. The fourth-order valence-corrected chi connectivity index (χ4v) is 2.21. The fraction of sp³-hybridized carbons (Fsp3) is 0.412. The zero-order chi connectivity index (χ0) is 15.2. The van der Waals surface area contributed by atoms with Crippen LogP contribution in [0.2, 0.25) is 0 Å². The van der Waals surface area contributed by atoms with Gasteiger partial charge in [-0.25, -0.2) is 4.98 Å². The van der Waals surface area contributed by atoms with E-state index in [4.69, 9.17) is 0 Å². The van der Waals surface area contributed by atoms with Gasteiger partial charge in [0.15, 0.2) is 0 Å². The molecule has 0 aliphatic carbocycles. The molecule has 0 amide bonds. The maximum Gasteiger partial charge on any atom is 0.229 e. The Morgan fingerprint density at radius 3 is 2.29 bits per heavy atom. The Hall–Kier alpha value is -2.10. The molecule has 0 aliphatic rings. The van der Waals surface area contributed by atoms with Crippen LogP contribution in [0.3, 0.4) is 0 Å². The van der Waals surface area contributed by atoms with Gasteiger partial charge in [-0.3, -0.25) is 0 Å². The fourth-order valence-electron chi connectivity index (χ4n) is 2.21. The van der Waals surface area contributed by atoms with Crippen LogP contribution in [0.1, 0.15) is 39.2 Å². The Bertz CT molecular complexity index is 559. The van der Waals surface area contributed by atoms with E-state index in [9.17, 15) is 0 Å². The molecule has 1 heterocycles. The molecule has 0 radical (unpaired) electrons. The van der Waals surface area contributed by atoms with Crippen molar-refractivity contribution in [3.8, 4) is 0 Å². The van der Waals surface area contributed by atoms with E-state index in [0.29, 0.717) is 11.9 Å². The number of rotatable bonds is 6. The normalized spacial score (nSPS) is 10.7. The summed E-state index contributed by atoms with van der Waals surface area (Å²) in [7, 11) is 0. The highest BCUT2D eigenvalue weighted by Crippen LogP contribution is 2.20. The summed E-state index contributed by atoms with van der Waals surface area (Å²) in [6.45, 7) is 10.5. The molecule has 21 heavy (non-hydrogen) atoms. The van der Waals surface area contributed by atoms with Crippen molar-refractivity contribution in [3.05, 3.63) is 42.1 Å². The number of nitrogens with zero attached hydrogens (tertiary/aromatic N) is 3. The van der Waals surface area contributed by atoms with Crippen molar-refractivity contribution in [2.75, 3.05) is 23.3 Å². The predicted octanol–water partition coefficient (Wildman–Crippen LogP) is 4.19. The Labute approximate surface area is 127 Å². The van der Waals surface area contributed by atoms with E-state index in [1.54, 1.807) is 6.20 Å². The van der Waals surface area contributed by atoms with Crippen molar-refractivity contribution >= 4 is 17.5 Å². The maximum absolute atomic E-state index is 4.57. The number of nitrogens with one attached hydrogen (secondary N) is 1. The first kappa shape index (κ1) is 15.3. The number of aromatic nitrogens is 2. The summed E-state index contributed by atoms with van der Waals surface area (Å²) in [5, 5.41) is 3.26. The smallest absolute Gasteiger partial charge is 0.229 e. The molecule has 4 heteroatoms. The molecule has 2 aromatic rings. The van der Waals surface area contributed by atoms with E-state index in [1.165, 1.54) is 5.56 Å². The Kier molecular flexibility index (Phi) is 5.14. The van der Waals surface area contributed by atoms with Crippen LogP contribution in [-0.4, -0.2) is 23.1 Å². The lowest BCUT2D eigenvalue weighted by molar-refractivity contribution is 0.843. The van der Waals surface area contributed by atoms with Gasteiger partial charge in [-0.1, -0.05) is 26.0 Å². The van der Waals surface area contributed by atoms with E-state index in [2.05, 4.69) is 72.1 Å². The van der Waals surface area contributed by atoms with E-state index < -0.39 is 0 Å². The van der Waals surface area contributed by atoms with E-state index in [-0.39, 0.29) is 0 Å². The minimum Gasteiger partial charge on any atom is -0.357 e. The monoisotopic (exact) mass is 284 g/mol. The standard InChI is InChI=1S/C17H24N4/c1-5-21(6-2)16-11-12-18-17(20-16)19-15-9-7-14(8-10-15)13(3)4/h7-13H,5-6H2,1-4H3,(H,18,19,20). The summed E-state index contributed by atoms with van der Waals surface area (Å²) < 4.78 is 0. The maximum atomic E-state index is 4.57. The number of benzene rings is 1. The minimum atomic E-state index is 0.543. The van der Waals surface area contributed by atoms with Crippen LogP contribution >= 0.6 is 0 Å². The Balaban J connectivity index is 2.14. The summed E-state index contributed by atoms with van der Waals surface area (Å²) in [6, 6.07) is 10.4. The zero-order valence-electron chi connectivity index (χ0n) is 13.3. The largest absolute Gasteiger partial charge is 0.357 e. The van der Waals surface area contributed by atoms with Gasteiger partial charge >= 0.3 is 0 Å². The molecule has 0 unspecified atom stereocenters. The van der Waals surface area contributed by atoms with Gasteiger partial charge in [0.2, 0.25) is 5.95 Å². The van der Waals surface area contributed by atoms with Crippen LogP contribution in [0.5, 0.6) is 0 Å². The summed E-state index contributed by atoms with van der Waals surface area (Å²) in [6.07, 6.45) is 1.80. The molecular weight excluding hydrogens is 260 g/mol. The second-order valence-corrected chi connectivity index (χ2v) is 5.31. The first-order chi connectivity index (χ1) is 10.1. The average Bonchev–Trinajstić information content (AvgIpc) is 2.49. The second-order valence-electron chi connectivity index (χ2n) is 5.31. The predicted molar refractivity (Wildman–Crippen MR) is 89.4 cm³/mol. The van der Waals surface area contributed by atoms with Gasteiger partial charge in [-0.15, -0.1) is 0 Å². The highest BCUT2D eigenvalue weighted by molar-refractivity contribution is 5.55. The lowest BCUT2D eigenvalue weighted by Crippen LogP contribution is -2.23. The third-order valence-electron chi connectivity index (χ3n) is 3.56. The third kappa shape index (κ3) is 3.94. The topological polar surface area (TPSA) is 41.1 Å². The lowest BCUT2D eigenvalue weighted by atomic mass is 10.0. The molecule has 0 spiro atoms. The first-order valence-electron chi connectivity index (χ1n) is 7.59. The molecule has 0 saturated heterocycles. The first-order valence-corrected chi connectivity index (χ1v) is 7.59. The number of hydrogen-bond donors (Lipinski definition) is 1. The molecule has 1 aromatic heterocycles. The van der Waals surface area contributed by atoms with Crippen LogP contribution < -0.4 is 10.2 Å². The van der Waals surface area contributed by atoms with Crippen molar-refractivity contribution in [2.24, 2.45) is 0 Å². The van der Waals surface area contributed by atoms with E-state index in [0.717, 1.165) is 24.6 Å². The summed E-state index contributed by atoms with van der Waals surface area (Å²) in [4.78, 5) is 11.1. The van der Waals surface area contributed by atoms with Gasteiger partial charge in [-0.05, 0) is 43.5 Å². The lowest BCUT2D eigenvalue weighted by Gasteiger charge is -2.19. The molecule has 0 bridgehead atoms.